The molecule has 0 unspecified atom stereocenters. The molecule has 1 heterocycles. The van der Waals surface area contributed by atoms with Gasteiger partial charge in [0.2, 0.25) is 11.2 Å². The molecular formula is C12H19ClN4O. The highest BCUT2D eigenvalue weighted by Gasteiger charge is 2.14. The quantitative estimate of drug-likeness (QED) is 0.829. The van der Waals surface area contributed by atoms with E-state index < -0.39 is 0 Å². The summed E-state index contributed by atoms with van der Waals surface area (Å²) in [6.07, 6.45) is 1.66. The van der Waals surface area contributed by atoms with Crippen LogP contribution >= 0.6 is 11.6 Å². The summed E-state index contributed by atoms with van der Waals surface area (Å²) in [4.78, 5) is 21.7. The van der Waals surface area contributed by atoms with Gasteiger partial charge in [-0.05, 0) is 39.3 Å². The van der Waals surface area contributed by atoms with E-state index in [0.717, 1.165) is 5.56 Å². The molecule has 0 aromatic carbocycles. The van der Waals surface area contributed by atoms with Crippen LogP contribution < -0.4 is 10.2 Å². The second-order valence-corrected chi connectivity index (χ2v) is 4.72. The Balaban J connectivity index is 2.83. The second kappa shape index (κ2) is 6.54. The summed E-state index contributed by atoms with van der Waals surface area (Å²) in [6.45, 7) is 8.68. The van der Waals surface area contributed by atoms with Gasteiger partial charge < -0.3 is 10.2 Å². The number of halogens is 1. The van der Waals surface area contributed by atoms with E-state index in [1.54, 1.807) is 6.20 Å². The Morgan fingerprint density at radius 3 is 2.78 bits per heavy atom. The van der Waals surface area contributed by atoms with Gasteiger partial charge in [-0.15, -0.1) is 0 Å². The minimum absolute atomic E-state index is 0.0269. The molecule has 1 amide bonds. The molecule has 0 aliphatic carbocycles. The van der Waals surface area contributed by atoms with Crippen LogP contribution in [-0.4, -0.2) is 35.0 Å². The lowest BCUT2D eigenvalue weighted by Crippen LogP contribution is -2.40. The molecule has 0 saturated heterocycles. The number of aromatic nitrogens is 2. The molecule has 0 bridgehead atoms. The first kappa shape index (κ1) is 14.7. The summed E-state index contributed by atoms with van der Waals surface area (Å²) >= 11 is 5.79. The Hall–Kier alpha value is -1.36. The fourth-order valence-corrected chi connectivity index (χ4v) is 1.74. The van der Waals surface area contributed by atoms with E-state index in [0.29, 0.717) is 12.4 Å². The molecular weight excluding hydrogens is 252 g/mol. The summed E-state index contributed by atoms with van der Waals surface area (Å²) in [7, 11) is 0. The minimum atomic E-state index is -0.0269. The molecule has 0 saturated carbocycles. The van der Waals surface area contributed by atoms with Crippen molar-refractivity contribution in [3.05, 3.63) is 17.0 Å². The number of anilines is 1. The third kappa shape index (κ3) is 4.14. The van der Waals surface area contributed by atoms with Gasteiger partial charge in [0.15, 0.2) is 0 Å². The van der Waals surface area contributed by atoms with E-state index in [2.05, 4.69) is 15.3 Å². The van der Waals surface area contributed by atoms with E-state index in [1.165, 1.54) is 0 Å². The van der Waals surface area contributed by atoms with Crippen molar-refractivity contribution in [1.82, 2.24) is 15.3 Å². The Kier molecular flexibility index (Phi) is 5.34. The number of aryl methyl sites for hydroxylation is 1. The number of nitrogens with zero attached hydrogens (tertiary/aromatic N) is 3. The number of likely N-dealkylation sites (N-methyl/N-ethyl adjacent to an activating group) is 1. The molecule has 0 aliphatic rings. The maximum absolute atomic E-state index is 11.8. The molecule has 100 valence electrons. The number of carbonyl (C=O) groups is 1. The van der Waals surface area contributed by atoms with Crippen molar-refractivity contribution in [3.63, 3.8) is 0 Å². The van der Waals surface area contributed by atoms with Crippen LogP contribution in [0.15, 0.2) is 6.20 Å². The predicted octanol–water partition coefficient (Wildman–Crippen LogP) is 1.79. The number of carbonyl (C=O) groups excluding carboxylic acids is 1. The molecule has 0 radical (unpaired) electrons. The molecule has 0 spiro atoms. The van der Waals surface area contributed by atoms with Crippen molar-refractivity contribution in [2.45, 2.75) is 33.7 Å². The zero-order valence-corrected chi connectivity index (χ0v) is 12.0. The molecule has 18 heavy (non-hydrogen) atoms. The van der Waals surface area contributed by atoms with Crippen LogP contribution in [-0.2, 0) is 4.79 Å². The average molecular weight is 271 g/mol. The third-order valence-corrected chi connectivity index (χ3v) is 2.56. The zero-order valence-electron chi connectivity index (χ0n) is 11.2. The first-order chi connectivity index (χ1) is 8.43. The fraction of sp³-hybridized carbons (Fsp3) is 0.583. The van der Waals surface area contributed by atoms with Crippen LogP contribution in [0.5, 0.6) is 0 Å². The summed E-state index contributed by atoms with van der Waals surface area (Å²) in [5.41, 5.74) is 0.901. The lowest BCUT2D eigenvalue weighted by atomic mass is 10.3. The normalized spacial score (nSPS) is 10.6. The third-order valence-electron chi connectivity index (χ3n) is 2.38. The van der Waals surface area contributed by atoms with Crippen LogP contribution in [0.2, 0.25) is 5.28 Å². The fourth-order valence-electron chi connectivity index (χ4n) is 1.61. The summed E-state index contributed by atoms with van der Waals surface area (Å²) in [6, 6.07) is 0.131. The lowest BCUT2D eigenvalue weighted by molar-refractivity contribution is -0.120. The van der Waals surface area contributed by atoms with E-state index in [4.69, 9.17) is 11.6 Å². The Bertz CT molecular complexity index is 423. The maximum atomic E-state index is 11.8. The van der Waals surface area contributed by atoms with Crippen molar-refractivity contribution in [2.75, 3.05) is 18.0 Å². The van der Waals surface area contributed by atoms with Gasteiger partial charge in [0.25, 0.3) is 0 Å². The first-order valence-electron chi connectivity index (χ1n) is 5.97. The monoisotopic (exact) mass is 270 g/mol. The number of amides is 1. The van der Waals surface area contributed by atoms with Gasteiger partial charge in [-0.25, -0.2) is 9.97 Å². The van der Waals surface area contributed by atoms with Crippen molar-refractivity contribution in [3.8, 4) is 0 Å². The molecule has 1 aromatic heterocycles. The Labute approximate surface area is 113 Å². The lowest BCUT2D eigenvalue weighted by Gasteiger charge is -2.23. The van der Waals surface area contributed by atoms with Crippen molar-refractivity contribution in [2.24, 2.45) is 0 Å². The topological polar surface area (TPSA) is 58.1 Å². The highest BCUT2D eigenvalue weighted by Crippen LogP contribution is 2.17. The van der Waals surface area contributed by atoms with Crippen molar-refractivity contribution >= 4 is 23.3 Å². The smallest absolute Gasteiger partial charge is 0.239 e. The van der Waals surface area contributed by atoms with Gasteiger partial charge in [-0.3, -0.25) is 4.79 Å². The minimum Gasteiger partial charge on any atom is -0.352 e. The van der Waals surface area contributed by atoms with Gasteiger partial charge in [-0.2, -0.15) is 0 Å². The number of rotatable bonds is 5. The van der Waals surface area contributed by atoms with Crippen LogP contribution in [0, 0.1) is 6.92 Å². The maximum Gasteiger partial charge on any atom is 0.239 e. The highest BCUT2D eigenvalue weighted by molar-refractivity contribution is 6.28. The van der Waals surface area contributed by atoms with E-state index in [9.17, 15) is 4.79 Å². The van der Waals surface area contributed by atoms with Gasteiger partial charge >= 0.3 is 0 Å². The predicted molar refractivity (Wildman–Crippen MR) is 72.9 cm³/mol. The number of hydrogen-bond acceptors (Lipinski definition) is 4. The van der Waals surface area contributed by atoms with Crippen LogP contribution in [0.1, 0.15) is 26.3 Å². The number of hydrogen-bond donors (Lipinski definition) is 1. The molecule has 1 aromatic rings. The molecule has 1 N–H and O–H groups in total. The van der Waals surface area contributed by atoms with Crippen molar-refractivity contribution in [1.29, 1.82) is 0 Å². The van der Waals surface area contributed by atoms with Crippen molar-refractivity contribution < 1.29 is 4.79 Å². The van der Waals surface area contributed by atoms with Gasteiger partial charge in [0.05, 0.1) is 6.54 Å². The zero-order chi connectivity index (χ0) is 13.7. The molecule has 0 aliphatic heterocycles. The van der Waals surface area contributed by atoms with Crippen LogP contribution in [0.3, 0.4) is 0 Å². The largest absolute Gasteiger partial charge is 0.352 e. The Morgan fingerprint density at radius 2 is 2.22 bits per heavy atom. The number of nitrogens with one attached hydrogen (secondary N) is 1. The first-order valence-corrected chi connectivity index (χ1v) is 6.35. The highest BCUT2D eigenvalue weighted by atomic mass is 35.5. The molecule has 6 heteroatoms. The van der Waals surface area contributed by atoms with Crippen LogP contribution in [0.4, 0.5) is 5.82 Å². The SMILES string of the molecule is CCN(CC(=O)NC(C)C)c1nc(Cl)ncc1C. The summed E-state index contributed by atoms with van der Waals surface area (Å²) in [5.74, 6) is 0.678. The van der Waals surface area contributed by atoms with Gasteiger partial charge in [0, 0.05) is 24.3 Å². The van der Waals surface area contributed by atoms with Gasteiger partial charge in [-0.1, -0.05) is 0 Å². The average Bonchev–Trinajstić information content (AvgIpc) is 2.28. The summed E-state index contributed by atoms with van der Waals surface area (Å²) < 4.78 is 0. The van der Waals surface area contributed by atoms with E-state index >= 15 is 0 Å². The molecule has 5 nitrogen and oxygen atoms in total. The van der Waals surface area contributed by atoms with Gasteiger partial charge in [0.1, 0.15) is 5.82 Å². The van der Waals surface area contributed by atoms with Crippen LogP contribution in [0.25, 0.3) is 0 Å². The van der Waals surface area contributed by atoms with E-state index in [1.807, 2.05) is 32.6 Å². The standard InChI is InChI=1S/C12H19ClN4O/c1-5-17(7-10(18)15-8(2)3)11-9(4)6-14-12(13)16-11/h6,8H,5,7H2,1-4H3,(H,15,18). The molecule has 0 atom stereocenters. The molecule has 1 rings (SSSR count). The summed E-state index contributed by atoms with van der Waals surface area (Å²) in [5, 5.41) is 3.05. The molecule has 0 fully saturated rings. The second-order valence-electron chi connectivity index (χ2n) is 4.38. The van der Waals surface area contributed by atoms with E-state index in [-0.39, 0.29) is 23.8 Å². The Morgan fingerprint density at radius 1 is 1.56 bits per heavy atom.